The minimum atomic E-state index is -1.19. The molecule has 0 aliphatic heterocycles. The number of halogens is 2. The summed E-state index contributed by atoms with van der Waals surface area (Å²) < 4.78 is 15.6. The van der Waals surface area contributed by atoms with E-state index in [1.54, 1.807) is 6.07 Å². The van der Waals surface area contributed by atoms with Gasteiger partial charge in [-0.25, -0.2) is 14.0 Å². The average molecular weight is 351 g/mol. The lowest BCUT2D eigenvalue weighted by Gasteiger charge is -2.07. The van der Waals surface area contributed by atoms with Crippen LogP contribution in [0.3, 0.4) is 0 Å². The van der Waals surface area contributed by atoms with E-state index in [1.165, 1.54) is 30.3 Å². The monoisotopic (exact) mass is 350 g/mol. The molecule has 5 nitrogen and oxygen atoms in total. The van der Waals surface area contributed by atoms with Crippen LogP contribution in [0.5, 0.6) is 0 Å². The molecule has 3 rings (SSSR count). The Balaban J connectivity index is 2.48. The normalized spacial score (nSPS) is 11.0. The van der Waals surface area contributed by atoms with E-state index in [0.717, 1.165) is 4.57 Å². The van der Waals surface area contributed by atoms with Crippen LogP contribution in [0.1, 0.15) is 10.4 Å². The second kappa shape index (κ2) is 4.85. The van der Waals surface area contributed by atoms with E-state index in [4.69, 9.17) is 0 Å². The molecule has 2 N–H and O–H groups in total. The number of aromatic nitrogens is 2. The number of aromatic carboxylic acids is 1. The molecular formula is C14H8BrFN2O3. The third kappa shape index (κ3) is 2.15. The number of benzene rings is 2. The van der Waals surface area contributed by atoms with Crippen molar-refractivity contribution in [3.8, 4) is 5.69 Å². The number of aromatic amines is 1. The summed E-state index contributed by atoms with van der Waals surface area (Å²) in [5, 5.41) is 9.26. The van der Waals surface area contributed by atoms with Gasteiger partial charge in [0.25, 0.3) is 0 Å². The lowest BCUT2D eigenvalue weighted by atomic mass is 10.1. The SMILES string of the molecule is O=C(O)c1cccc2[nH]c(=O)n(-c3cc(Br)ccc3F)c12. The molecule has 3 aromatic rings. The van der Waals surface area contributed by atoms with E-state index in [-0.39, 0.29) is 16.8 Å². The summed E-state index contributed by atoms with van der Waals surface area (Å²) in [6.45, 7) is 0. The third-order valence-electron chi connectivity index (χ3n) is 3.08. The van der Waals surface area contributed by atoms with Crippen LogP contribution in [0.25, 0.3) is 16.7 Å². The van der Waals surface area contributed by atoms with Crippen molar-refractivity contribution in [2.24, 2.45) is 0 Å². The number of para-hydroxylation sites is 1. The Morgan fingerprint density at radius 3 is 2.76 bits per heavy atom. The van der Waals surface area contributed by atoms with Crippen molar-refractivity contribution in [3.63, 3.8) is 0 Å². The predicted molar refractivity (Wildman–Crippen MR) is 78.5 cm³/mol. The van der Waals surface area contributed by atoms with Gasteiger partial charge in [-0.1, -0.05) is 22.0 Å². The first-order valence-electron chi connectivity index (χ1n) is 5.91. The standard InChI is InChI=1S/C14H8BrFN2O3/c15-7-4-5-9(16)11(6-7)18-12-8(13(19)20)2-1-3-10(12)17-14(18)21/h1-6H,(H,17,21)(H,19,20). The van der Waals surface area contributed by atoms with E-state index in [1.807, 2.05) is 0 Å². The summed E-state index contributed by atoms with van der Waals surface area (Å²) in [6.07, 6.45) is 0. The molecule has 0 aliphatic carbocycles. The second-order valence-corrected chi connectivity index (χ2v) is 5.28. The third-order valence-corrected chi connectivity index (χ3v) is 3.58. The number of carbonyl (C=O) groups is 1. The van der Waals surface area contributed by atoms with E-state index in [9.17, 15) is 19.1 Å². The topological polar surface area (TPSA) is 75.1 Å². The van der Waals surface area contributed by atoms with Crippen molar-refractivity contribution < 1.29 is 14.3 Å². The van der Waals surface area contributed by atoms with Crippen LogP contribution in [-0.4, -0.2) is 20.6 Å². The van der Waals surface area contributed by atoms with Gasteiger partial charge in [-0.05, 0) is 30.3 Å². The molecule has 0 saturated carbocycles. The maximum absolute atomic E-state index is 14.0. The molecule has 0 atom stereocenters. The Hall–Kier alpha value is -2.41. The number of hydrogen-bond donors (Lipinski definition) is 2. The zero-order valence-corrected chi connectivity index (χ0v) is 12.0. The summed E-state index contributed by atoms with van der Waals surface area (Å²) in [4.78, 5) is 26.0. The van der Waals surface area contributed by atoms with Gasteiger partial charge in [0, 0.05) is 4.47 Å². The van der Waals surface area contributed by atoms with Crippen molar-refractivity contribution in [1.82, 2.24) is 9.55 Å². The van der Waals surface area contributed by atoms with Gasteiger partial charge < -0.3 is 10.1 Å². The van der Waals surface area contributed by atoms with Crippen molar-refractivity contribution in [3.05, 3.63) is 62.7 Å². The molecule has 0 bridgehead atoms. The zero-order chi connectivity index (χ0) is 15.1. The van der Waals surface area contributed by atoms with Crippen LogP contribution in [0.4, 0.5) is 4.39 Å². The molecule has 0 aliphatic rings. The number of nitrogens with zero attached hydrogens (tertiary/aromatic N) is 1. The molecule has 0 radical (unpaired) electrons. The molecular weight excluding hydrogens is 343 g/mol. The molecule has 2 aromatic carbocycles. The van der Waals surface area contributed by atoms with E-state index in [2.05, 4.69) is 20.9 Å². The van der Waals surface area contributed by atoms with Crippen molar-refractivity contribution in [1.29, 1.82) is 0 Å². The lowest BCUT2D eigenvalue weighted by molar-refractivity contribution is 0.0698. The Morgan fingerprint density at radius 1 is 1.29 bits per heavy atom. The van der Waals surface area contributed by atoms with Crippen LogP contribution >= 0.6 is 15.9 Å². The molecule has 21 heavy (non-hydrogen) atoms. The highest BCUT2D eigenvalue weighted by Crippen LogP contribution is 2.24. The molecule has 0 saturated heterocycles. The first kappa shape index (κ1) is 13.6. The number of H-pyrrole nitrogens is 1. The number of imidazole rings is 1. The quantitative estimate of drug-likeness (QED) is 0.746. The summed E-state index contributed by atoms with van der Waals surface area (Å²) in [5.41, 5.74) is -0.235. The number of rotatable bonds is 2. The van der Waals surface area contributed by atoms with Gasteiger partial charge in [0.15, 0.2) is 0 Å². The Bertz CT molecular complexity index is 930. The number of fused-ring (bicyclic) bond motifs is 1. The maximum atomic E-state index is 14.0. The summed E-state index contributed by atoms with van der Waals surface area (Å²) >= 11 is 3.21. The largest absolute Gasteiger partial charge is 0.478 e. The second-order valence-electron chi connectivity index (χ2n) is 4.37. The van der Waals surface area contributed by atoms with Gasteiger partial charge in [-0.2, -0.15) is 0 Å². The Morgan fingerprint density at radius 2 is 2.05 bits per heavy atom. The van der Waals surface area contributed by atoms with Crippen molar-refractivity contribution in [2.75, 3.05) is 0 Å². The maximum Gasteiger partial charge on any atom is 0.337 e. The van der Waals surface area contributed by atoms with Crippen LogP contribution < -0.4 is 5.69 Å². The van der Waals surface area contributed by atoms with Gasteiger partial charge in [-0.3, -0.25) is 4.57 Å². The highest BCUT2D eigenvalue weighted by atomic mass is 79.9. The first-order valence-corrected chi connectivity index (χ1v) is 6.71. The first-order chi connectivity index (χ1) is 9.99. The number of hydrogen-bond acceptors (Lipinski definition) is 2. The van der Waals surface area contributed by atoms with Gasteiger partial charge in [0.2, 0.25) is 0 Å². The summed E-state index contributed by atoms with van der Waals surface area (Å²) in [6, 6.07) is 8.57. The van der Waals surface area contributed by atoms with Crippen LogP contribution in [-0.2, 0) is 0 Å². The smallest absolute Gasteiger partial charge is 0.337 e. The fourth-order valence-corrected chi connectivity index (χ4v) is 2.57. The van der Waals surface area contributed by atoms with Crippen LogP contribution in [0.2, 0.25) is 0 Å². The molecule has 7 heteroatoms. The van der Waals surface area contributed by atoms with Gasteiger partial charge in [0.1, 0.15) is 5.82 Å². The highest BCUT2D eigenvalue weighted by molar-refractivity contribution is 9.10. The molecule has 1 heterocycles. The number of carboxylic acid groups (broad SMARTS) is 1. The van der Waals surface area contributed by atoms with Gasteiger partial charge in [0.05, 0.1) is 22.3 Å². The van der Waals surface area contributed by atoms with Crippen LogP contribution in [0.15, 0.2) is 45.7 Å². The van der Waals surface area contributed by atoms with E-state index in [0.29, 0.717) is 9.99 Å². The summed E-state index contributed by atoms with van der Waals surface area (Å²) in [7, 11) is 0. The Labute approximate surface area is 125 Å². The number of carboxylic acids is 1. The van der Waals surface area contributed by atoms with Gasteiger partial charge >= 0.3 is 11.7 Å². The minimum absolute atomic E-state index is 0.0191. The molecule has 0 unspecified atom stereocenters. The summed E-state index contributed by atoms with van der Waals surface area (Å²) in [5.74, 6) is -1.81. The minimum Gasteiger partial charge on any atom is -0.478 e. The van der Waals surface area contributed by atoms with E-state index >= 15 is 0 Å². The molecule has 106 valence electrons. The molecule has 0 spiro atoms. The average Bonchev–Trinajstić information content (AvgIpc) is 2.77. The van der Waals surface area contributed by atoms with Crippen molar-refractivity contribution >= 4 is 32.9 Å². The van der Waals surface area contributed by atoms with Crippen molar-refractivity contribution in [2.45, 2.75) is 0 Å². The molecule has 1 aromatic heterocycles. The van der Waals surface area contributed by atoms with Gasteiger partial charge in [-0.15, -0.1) is 0 Å². The van der Waals surface area contributed by atoms with E-state index < -0.39 is 17.5 Å². The fourth-order valence-electron chi connectivity index (χ4n) is 2.22. The van der Waals surface area contributed by atoms with Crippen LogP contribution in [0, 0.1) is 5.82 Å². The molecule has 0 fully saturated rings. The molecule has 0 amide bonds. The highest BCUT2D eigenvalue weighted by Gasteiger charge is 2.18. The zero-order valence-electron chi connectivity index (χ0n) is 10.4. The predicted octanol–water partition coefficient (Wildman–Crippen LogP) is 2.92. The fraction of sp³-hybridized carbons (Fsp3) is 0. The lowest BCUT2D eigenvalue weighted by Crippen LogP contribution is -2.17. The number of nitrogens with one attached hydrogen (secondary N) is 1. The Kier molecular flexibility index (Phi) is 3.13.